The molecule has 8 heteroatoms. The van der Waals surface area contributed by atoms with Gasteiger partial charge in [0.15, 0.2) is 0 Å². The number of fused-ring (bicyclic) bond motifs is 3. The first-order chi connectivity index (χ1) is 14.1. The van der Waals surface area contributed by atoms with Crippen LogP contribution in [0.2, 0.25) is 0 Å². The Morgan fingerprint density at radius 3 is 2.86 bits per heavy atom. The maximum absolute atomic E-state index is 13.3. The third kappa shape index (κ3) is 4.60. The van der Waals surface area contributed by atoms with Crippen LogP contribution in [0.25, 0.3) is 10.9 Å². The highest BCUT2D eigenvalue weighted by Crippen LogP contribution is 2.41. The van der Waals surface area contributed by atoms with Gasteiger partial charge in [0.05, 0.1) is 17.4 Å². The van der Waals surface area contributed by atoms with Gasteiger partial charge in [-0.3, -0.25) is 9.59 Å². The molecule has 1 unspecified atom stereocenters. The summed E-state index contributed by atoms with van der Waals surface area (Å²) in [5, 5.41) is 4.98. The average molecular weight is 420 g/mol. The van der Waals surface area contributed by atoms with Crippen LogP contribution in [0.4, 0.5) is 0 Å². The van der Waals surface area contributed by atoms with Gasteiger partial charge in [-0.1, -0.05) is 30.0 Å². The molecule has 2 heterocycles. The molecule has 2 amide bonds. The summed E-state index contributed by atoms with van der Waals surface area (Å²) in [5.74, 6) is 0.0856. The number of thioether (sulfide) groups is 1. The van der Waals surface area contributed by atoms with Gasteiger partial charge in [0, 0.05) is 56.9 Å². The van der Waals surface area contributed by atoms with Gasteiger partial charge in [0.1, 0.15) is 6.04 Å². The standard InChI is InChI=1S/C21H29N3O4S/c1-4-28-12-7-10-22-20(26)19-18-15-8-5-6-9-16(15)23(2)21(18)29-14-17(25)24(19)11-13-27-3/h5-6,8-9,19H,4,7,10-14H2,1-3H3,(H,22,26). The average Bonchev–Trinajstić information content (AvgIpc) is 2.91. The van der Waals surface area contributed by atoms with Gasteiger partial charge in [-0.15, -0.1) is 0 Å². The number of aryl methyl sites for hydroxylation is 1. The number of nitrogens with one attached hydrogen (secondary N) is 1. The molecule has 0 spiro atoms. The Bertz CT molecular complexity index is 867. The molecular formula is C21H29N3O4S. The zero-order valence-electron chi connectivity index (χ0n) is 17.3. The first-order valence-electron chi connectivity index (χ1n) is 9.94. The number of amides is 2. The zero-order valence-corrected chi connectivity index (χ0v) is 18.1. The zero-order chi connectivity index (χ0) is 20.8. The van der Waals surface area contributed by atoms with Crippen LogP contribution in [0.5, 0.6) is 0 Å². The van der Waals surface area contributed by atoms with E-state index in [1.165, 1.54) is 11.8 Å². The minimum absolute atomic E-state index is 0.0539. The lowest BCUT2D eigenvalue weighted by Gasteiger charge is -2.29. The van der Waals surface area contributed by atoms with Gasteiger partial charge in [-0.05, 0) is 19.4 Å². The Kier molecular flexibility index (Phi) is 7.57. The van der Waals surface area contributed by atoms with Crippen molar-refractivity contribution >= 4 is 34.5 Å². The van der Waals surface area contributed by atoms with Crippen LogP contribution in [-0.2, 0) is 26.1 Å². The number of rotatable bonds is 9. The van der Waals surface area contributed by atoms with E-state index in [9.17, 15) is 9.59 Å². The van der Waals surface area contributed by atoms with E-state index < -0.39 is 6.04 Å². The Balaban J connectivity index is 1.98. The van der Waals surface area contributed by atoms with Crippen molar-refractivity contribution in [2.45, 2.75) is 24.4 Å². The predicted molar refractivity (Wildman–Crippen MR) is 114 cm³/mol. The minimum atomic E-state index is -0.680. The molecule has 3 rings (SSSR count). The molecule has 1 aliphatic heterocycles. The number of ether oxygens (including phenoxy) is 2. The number of methoxy groups -OCH3 is 1. The van der Waals surface area contributed by atoms with Crippen LogP contribution in [0.1, 0.15) is 24.9 Å². The first-order valence-corrected chi connectivity index (χ1v) is 10.9. The largest absolute Gasteiger partial charge is 0.383 e. The van der Waals surface area contributed by atoms with Crippen molar-refractivity contribution in [2.75, 3.05) is 45.8 Å². The molecule has 1 aromatic heterocycles. The summed E-state index contributed by atoms with van der Waals surface area (Å²) >= 11 is 1.49. The first kappa shape index (κ1) is 21.7. The van der Waals surface area contributed by atoms with Gasteiger partial charge >= 0.3 is 0 Å². The van der Waals surface area contributed by atoms with Crippen molar-refractivity contribution in [2.24, 2.45) is 7.05 Å². The number of aromatic nitrogens is 1. The van der Waals surface area contributed by atoms with Gasteiger partial charge in [-0.2, -0.15) is 0 Å². The minimum Gasteiger partial charge on any atom is -0.383 e. The number of carbonyl (C=O) groups is 2. The molecule has 1 aromatic carbocycles. The third-order valence-electron chi connectivity index (χ3n) is 5.08. The fraction of sp³-hybridized carbons (Fsp3) is 0.524. The molecule has 7 nitrogen and oxygen atoms in total. The van der Waals surface area contributed by atoms with E-state index in [0.717, 1.165) is 27.9 Å². The van der Waals surface area contributed by atoms with Crippen molar-refractivity contribution in [3.63, 3.8) is 0 Å². The van der Waals surface area contributed by atoms with Gasteiger partial charge < -0.3 is 24.3 Å². The lowest BCUT2D eigenvalue weighted by molar-refractivity contribution is -0.139. The predicted octanol–water partition coefficient (Wildman–Crippen LogP) is 2.34. The lowest BCUT2D eigenvalue weighted by Crippen LogP contribution is -2.45. The number of carbonyl (C=O) groups excluding carboxylic acids is 2. The van der Waals surface area contributed by atoms with E-state index >= 15 is 0 Å². The fourth-order valence-electron chi connectivity index (χ4n) is 3.69. The van der Waals surface area contributed by atoms with E-state index in [4.69, 9.17) is 9.47 Å². The van der Waals surface area contributed by atoms with Gasteiger partial charge in [0.25, 0.3) is 0 Å². The molecule has 0 aliphatic carbocycles. The summed E-state index contributed by atoms with van der Waals surface area (Å²) in [6.07, 6.45) is 0.732. The van der Waals surface area contributed by atoms with E-state index in [0.29, 0.717) is 38.7 Å². The smallest absolute Gasteiger partial charge is 0.247 e. The molecular weight excluding hydrogens is 390 g/mol. The quantitative estimate of drug-likeness (QED) is 0.632. The molecule has 0 radical (unpaired) electrons. The van der Waals surface area contributed by atoms with Crippen LogP contribution < -0.4 is 5.32 Å². The number of benzene rings is 1. The molecule has 0 saturated carbocycles. The van der Waals surface area contributed by atoms with Crippen molar-refractivity contribution in [3.8, 4) is 0 Å². The Hall–Kier alpha value is -2.03. The maximum atomic E-state index is 13.3. The summed E-state index contributed by atoms with van der Waals surface area (Å²) in [5.41, 5.74) is 1.96. The van der Waals surface area contributed by atoms with E-state index in [-0.39, 0.29) is 11.8 Å². The molecule has 1 N–H and O–H groups in total. The number of nitrogens with zero attached hydrogens (tertiary/aromatic N) is 2. The van der Waals surface area contributed by atoms with Crippen molar-refractivity contribution in [1.82, 2.24) is 14.8 Å². The monoisotopic (exact) mass is 419 g/mol. The van der Waals surface area contributed by atoms with Gasteiger partial charge in [-0.25, -0.2) is 0 Å². The van der Waals surface area contributed by atoms with E-state index in [2.05, 4.69) is 9.88 Å². The summed E-state index contributed by atoms with van der Waals surface area (Å²) in [4.78, 5) is 27.9. The van der Waals surface area contributed by atoms with Crippen LogP contribution in [0.15, 0.2) is 29.3 Å². The fourth-order valence-corrected chi connectivity index (χ4v) is 4.79. The summed E-state index contributed by atoms with van der Waals surface area (Å²) < 4.78 is 12.6. The van der Waals surface area contributed by atoms with Gasteiger partial charge in [0.2, 0.25) is 11.8 Å². The molecule has 1 aliphatic rings. The molecule has 1 atom stereocenters. The summed E-state index contributed by atoms with van der Waals surface area (Å²) in [6.45, 7) is 4.47. The lowest BCUT2D eigenvalue weighted by atomic mass is 10.0. The Morgan fingerprint density at radius 1 is 1.31 bits per heavy atom. The molecule has 2 aromatic rings. The van der Waals surface area contributed by atoms with E-state index in [1.54, 1.807) is 12.0 Å². The Labute approximate surface area is 175 Å². The number of para-hydroxylation sites is 1. The normalized spacial score (nSPS) is 16.7. The van der Waals surface area contributed by atoms with Crippen LogP contribution >= 0.6 is 11.8 Å². The molecule has 0 saturated heterocycles. The van der Waals surface area contributed by atoms with Crippen molar-refractivity contribution < 1.29 is 19.1 Å². The van der Waals surface area contributed by atoms with Crippen LogP contribution in [0.3, 0.4) is 0 Å². The number of hydrogen-bond donors (Lipinski definition) is 1. The Morgan fingerprint density at radius 2 is 2.10 bits per heavy atom. The van der Waals surface area contributed by atoms with Crippen LogP contribution in [-0.4, -0.2) is 67.1 Å². The molecule has 0 bridgehead atoms. The summed E-state index contributed by atoms with van der Waals surface area (Å²) in [7, 11) is 3.59. The molecule has 29 heavy (non-hydrogen) atoms. The van der Waals surface area contributed by atoms with Crippen molar-refractivity contribution in [3.05, 3.63) is 29.8 Å². The topological polar surface area (TPSA) is 72.8 Å². The SMILES string of the molecule is CCOCCCNC(=O)C1c2c(n(C)c3ccccc23)SCC(=O)N1CCOC. The third-order valence-corrected chi connectivity index (χ3v) is 6.24. The highest BCUT2D eigenvalue weighted by Gasteiger charge is 2.38. The number of hydrogen-bond acceptors (Lipinski definition) is 5. The maximum Gasteiger partial charge on any atom is 0.247 e. The van der Waals surface area contributed by atoms with Crippen LogP contribution in [0, 0.1) is 0 Å². The second-order valence-electron chi connectivity index (χ2n) is 6.91. The summed E-state index contributed by atoms with van der Waals surface area (Å²) in [6, 6.07) is 7.34. The molecule has 158 valence electrons. The highest BCUT2D eigenvalue weighted by molar-refractivity contribution is 8.00. The van der Waals surface area contributed by atoms with Crippen molar-refractivity contribution in [1.29, 1.82) is 0 Å². The highest BCUT2D eigenvalue weighted by atomic mass is 32.2. The second kappa shape index (κ2) is 10.1. The van der Waals surface area contributed by atoms with E-state index in [1.807, 2.05) is 38.2 Å². The molecule has 0 fully saturated rings. The second-order valence-corrected chi connectivity index (χ2v) is 7.87.